The minimum atomic E-state index is -0.463. The van der Waals surface area contributed by atoms with Crippen LogP contribution in [0.4, 0.5) is 5.95 Å². The van der Waals surface area contributed by atoms with Gasteiger partial charge < -0.3 is 19.6 Å². The number of likely N-dealkylation sites (N-methyl/N-ethyl adjacent to an activating group) is 1. The van der Waals surface area contributed by atoms with Gasteiger partial charge in [-0.1, -0.05) is 29.5 Å². The normalized spacial score (nSPS) is 19.1. The Morgan fingerprint density at radius 3 is 2.45 bits per heavy atom. The summed E-state index contributed by atoms with van der Waals surface area (Å²) in [6.45, 7) is 6.09. The number of anilines is 1. The number of aliphatic hydroxyl groups is 1. The second-order valence-electron chi connectivity index (χ2n) is 11.5. The highest BCUT2D eigenvalue weighted by Gasteiger charge is 2.25. The van der Waals surface area contributed by atoms with Crippen LogP contribution in [-0.4, -0.2) is 125 Å². The molecule has 2 aliphatic rings. The number of ether oxygens (including phenoxy) is 1. The highest BCUT2D eigenvalue weighted by molar-refractivity contribution is 5.69. The highest BCUT2D eigenvalue weighted by atomic mass is 16.5. The van der Waals surface area contributed by atoms with Gasteiger partial charge in [0.1, 0.15) is 6.23 Å². The summed E-state index contributed by atoms with van der Waals surface area (Å²) in [5, 5.41) is 23.4. The number of fused-ring (bicyclic) bond motifs is 1. The van der Waals surface area contributed by atoms with Gasteiger partial charge in [-0.25, -0.2) is 24.6 Å². The highest BCUT2D eigenvalue weighted by Crippen LogP contribution is 2.23. The van der Waals surface area contributed by atoms with E-state index in [2.05, 4.69) is 76.4 Å². The zero-order valence-electron chi connectivity index (χ0n) is 24.9. The number of benzene rings is 1. The summed E-state index contributed by atoms with van der Waals surface area (Å²) >= 11 is 0. The van der Waals surface area contributed by atoms with Crippen molar-refractivity contribution in [1.29, 1.82) is 0 Å². The first-order chi connectivity index (χ1) is 21.5. The number of hydrogen-bond donors (Lipinski definition) is 1. The van der Waals surface area contributed by atoms with Crippen molar-refractivity contribution in [2.24, 2.45) is 7.05 Å². The van der Waals surface area contributed by atoms with Gasteiger partial charge in [0.15, 0.2) is 5.65 Å². The molecule has 0 amide bonds. The van der Waals surface area contributed by atoms with Crippen molar-refractivity contribution in [2.45, 2.75) is 25.3 Å². The second kappa shape index (κ2) is 12.3. The number of nitrogens with zero attached hydrogens (tertiary/aromatic N) is 12. The summed E-state index contributed by atoms with van der Waals surface area (Å²) in [6.07, 6.45) is 9.07. The molecular formula is C30H36N12O2. The summed E-state index contributed by atoms with van der Waals surface area (Å²) in [7, 11) is 3.99. The van der Waals surface area contributed by atoms with E-state index in [1.807, 2.05) is 25.6 Å². The molecule has 0 bridgehead atoms. The number of piperazine rings is 1. The molecule has 0 radical (unpaired) electrons. The first-order valence-electron chi connectivity index (χ1n) is 14.9. The average molecular weight is 597 g/mol. The Hall–Kier alpha value is -4.37. The lowest BCUT2D eigenvalue weighted by Gasteiger charge is -2.35. The molecule has 1 N–H and O–H groups in total. The molecule has 4 aromatic heterocycles. The third kappa shape index (κ3) is 6.15. The van der Waals surface area contributed by atoms with Crippen molar-refractivity contribution >= 4 is 17.2 Å². The number of aromatic nitrogens is 9. The smallest absolute Gasteiger partial charge is 0.225 e. The monoisotopic (exact) mass is 596 g/mol. The lowest BCUT2D eigenvalue weighted by atomic mass is 10.0. The summed E-state index contributed by atoms with van der Waals surface area (Å²) in [5.41, 5.74) is 5.78. The number of aryl methyl sites for hydroxylation is 1. The largest absolute Gasteiger partial charge is 0.378 e. The molecule has 228 valence electrons. The Morgan fingerprint density at radius 1 is 0.909 bits per heavy atom. The third-order valence-electron chi connectivity index (χ3n) is 8.33. The van der Waals surface area contributed by atoms with E-state index in [-0.39, 0.29) is 6.10 Å². The maximum Gasteiger partial charge on any atom is 0.225 e. The Labute approximate surface area is 254 Å². The summed E-state index contributed by atoms with van der Waals surface area (Å²) < 4.78 is 9.55. The zero-order chi connectivity index (χ0) is 30.0. The van der Waals surface area contributed by atoms with Crippen molar-refractivity contribution in [3.8, 4) is 22.4 Å². The van der Waals surface area contributed by atoms with E-state index >= 15 is 0 Å². The molecule has 0 saturated carbocycles. The molecule has 14 heteroatoms. The standard InChI is InChI=1S/C30H36N12O2/c1-38-7-9-40(10-8-38)27(43)13-21-3-5-22(6-4-21)23-14-32-30(33-15-23)41-11-12-44-25(19-41)20-42-29-28(36-37-42)31-17-26(35-29)24-16-34-39(2)18-24/h3-6,14-18,25,27,43H,7-13,19-20H2,1-2H3/t25-,27?/m0/s1. The maximum absolute atomic E-state index is 10.7. The molecule has 2 fully saturated rings. The molecule has 5 aromatic rings. The molecule has 14 nitrogen and oxygen atoms in total. The first kappa shape index (κ1) is 28.4. The van der Waals surface area contributed by atoms with Crippen LogP contribution in [-0.2, 0) is 24.8 Å². The molecule has 7 rings (SSSR count). The minimum absolute atomic E-state index is 0.144. The molecule has 1 unspecified atom stereocenters. The zero-order valence-corrected chi connectivity index (χ0v) is 24.9. The van der Waals surface area contributed by atoms with Crippen molar-refractivity contribution in [3.05, 3.63) is 60.8 Å². The van der Waals surface area contributed by atoms with E-state index in [1.165, 1.54) is 0 Å². The van der Waals surface area contributed by atoms with Gasteiger partial charge in [-0.15, -0.1) is 5.10 Å². The number of morpholine rings is 1. The van der Waals surface area contributed by atoms with Crippen LogP contribution >= 0.6 is 0 Å². The number of rotatable bonds is 8. The van der Waals surface area contributed by atoms with E-state index < -0.39 is 6.23 Å². The van der Waals surface area contributed by atoms with Gasteiger partial charge in [0.05, 0.1) is 37.3 Å². The lowest BCUT2D eigenvalue weighted by molar-refractivity contribution is -0.0203. The van der Waals surface area contributed by atoms with Crippen LogP contribution < -0.4 is 4.90 Å². The van der Waals surface area contributed by atoms with E-state index in [1.54, 1.807) is 21.8 Å². The van der Waals surface area contributed by atoms with Gasteiger partial charge in [0, 0.05) is 82.5 Å². The van der Waals surface area contributed by atoms with Gasteiger partial charge in [-0.3, -0.25) is 9.58 Å². The van der Waals surface area contributed by atoms with E-state index in [0.717, 1.165) is 48.4 Å². The van der Waals surface area contributed by atoms with Gasteiger partial charge in [0.2, 0.25) is 11.6 Å². The molecule has 0 aliphatic carbocycles. The van der Waals surface area contributed by atoms with Crippen LogP contribution in [0, 0.1) is 0 Å². The number of aliphatic hydroxyl groups excluding tert-OH is 1. The average Bonchev–Trinajstić information content (AvgIpc) is 3.67. The topological polar surface area (TPSA) is 139 Å². The van der Waals surface area contributed by atoms with E-state index in [4.69, 9.17) is 9.72 Å². The number of hydrogen-bond acceptors (Lipinski definition) is 12. The van der Waals surface area contributed by atoms with E-state index in [9.17, 15) is 5.11 Å². The van der Waals surface area contributed by atoms with Crippen LogP contribution in [0.25, 0.3) is 33.7 Å². The van der Waals surface area contributed by atoms with Crippen LogP contribution in [0.3, 0.4) is 0 Å². The Balaban J connectivity index is 0.978. The quantitative estimate of drug-likeness (QED) is 0.274. The lowest BCUT2D eigenvalue weighted by Crippen LogP contribution is -2.49. The predicted molar refractivity (Wildman–Crippen MR) is 164 cm³/mol. The first-order valence-corrected chi connectivity index (χ1v) is 14.9. The molecule has 44 heavy (non-hydrogen) atoms. The maximum atomic E-state index is 10.7. The molecule has 0 spiro atoms. The molecule has 2 aliphatic heterocycles. The van der Waals surface area contributed by atoms with Crippen molar-refractivity contribution in [2.75, 3.05) is 57.8 Å². The second-order valence-corrected chi connectivity index (χ2v) is 11.5. The molecule has 6 heterocycles. The summed E-state index contributed by atoms with van der Waals surface area (Å²) in [6, 6.07) is 8.29. The SMILES string of the molecule is CN1CCN(C(O)Cc2ccc(-c3cnc(N4CCO[C@H](Cn5nnc6ncc(-c7cnn(C)c7)nc65)C4)nc3)cc2)CC1. The van der Waals surface area contributed by atoms with Gasteiger partial charge in [-0.05, 0) is 18.2 Å². The minimum Gasteiger partial charge on any atom is -0.378 e. The fourth-order valence-electron chi connectivity index (χ4n) is 5.70. The van der Waals surface area contributed by atoms with Crippen LogP contribution in [0.5, 0.6) is 0 Å². The van der Waals surface area contributed by atoms with Gasteiger partial charge in [-0.2, -0.15) is 5.10 Å². The molecule has 2 atom stereocenters. The fraction of sp³-hybridized carbons (Fsp3) is 0.433. The van der Waals surface area contributed by atoms with Gasteiger partial charge >= 0.3 is 0 Å². The van der Waals surface area contributed by atoms with Crippen molar-refractivity contribution in [1.82, 2.24) is 54.5 Å². The Bertz CT molecular complexity index is 1700. The van der Waals surface area contributed by atoms with Crippen molar-refractivity contribution in [3.63, 3.8) is 0 Å². The van der Waals surface area contributed by atoms with Crippen LogP contribution in [0.1, 0.15) is 5.56 Å². The summed E-state index contributed by atoms with van der Waals surface area (Å²) in [4.78, 5) is 25.1. The molecule has 1 aromatic carbocycles. The molecular weight excluding hydrogens is 560 g/mol. The van der Waals surface area contributed by atoms with Gasteiger partial charge in [0.25, 0.3) is 0 Å². The Morgan fingerprint density at radius 2 is 1.70 bits per heavy atom. The van der Waals surface area contributed by atoms with E-state index in [0.29, 0.717) is 55.6 Å². The Kier molecular flexibility index (Phi) is 7.95. The van der Waals surface area contributed by atoms with Crippen LogP contribution in [0.2, 0.25) is 0 Å². The fourth-order valence-corrected chi connectivity index (χ4v) is 5.70. The predicted octanol–water partition coefficient (Wildman–Crippen LogP) is 1.09. The molecule has 2 saturated heterocycles. The van der Waals surface area contributed by atoms with Crippen molar-refractivity contribution < 1.29 is 9.84 Å². The third-order valence-corrected chi connectivity index (χ3v) is 8.33. The summed E-state index contributed by atoms with van der Waals surface area (Å²) in [5.74, 6) is 0.663. The van der Waals surface area contributed by atoms with Crippen LogP contribution in [0.15, 0.2) is 55.2 Å².